The van der Waals surface area contributed by atoms with E-state index in [0.717, 1.165) is 0 Å². The van der Waals surface area contributed by atoms with Gasteiger partial charge in [0, 0.05) is 17.6 Å². The predicted molar refractivity (Wildman–Crippen MR) is 100 cm³/mol. The third kappa shape index (κ3) is 6.58. The van der Waals surface area contributed by atoms with Crippen molar-refractivity contribution < 1.29 is 19.1 Å². The first kappa shape index (κ1) is 19.6. The van der Waals surface area contributed by atoms with Crippen molar-refractivity contribution in [2.75, 3.05) is 17.7 Å². The molecule has 9 nitrogen and oxygen atoms in total. The minimum atomic E-state index is -0.962. The van der Waals surface area contributed by atoms with Gasteiger partial charge < -0.3 is 15.4 Å². The summed E-state index contributed by atoms with van der Waals surface area (Å²) in [5, 5.41) is 8.77. The Balaban J connectivity index is 1.80. The maximum Gasteiger partial charge on any atom is 0.329 e. The maximum atomic E-state index is 12.0. The quantitative estimate of drug-likeness (QED) is 0.405. The smallest absolute Gasteiger partial charge is 0.329 e. The Hall–Kier alpha value is -3.75. The van der Waals surface area contributed by atoms with Crippen LogP contribution in [-0.4, -0.2) is 35.5 Å². The molecule has 0 aliphatic rings. The summed E-state index contributed by atoms with van der Waals surface area (Å²) in [5.41, 5.74) is 3.04. The number of carbonyl (C=O) groups is 3. The summed E-state index contributed by atoms with van der Waals surface area (Å²) in [6, 6.07) is 11.7. The van der Waals surface area contributed by atoms with Crippen LogP contribution in [0.25, 0.3) is 0 Å². The standard InChI is InChI=1S/C18H19N5O4/c1-12(11-16(24)20-13-6-8-14(27-2)9-7-13)22-23-18(26)17(25)21-15-5-3-4-10-19-15/h3-10H,11H2,1-2H3,(H,20,24)(H,23,26)(H,19,21,25)/b22-12+. The molecule has 0 atom stereocenters. The van der Waals surface area contributed by atoms with Gasteiger partial charge in [-0.3, -0.25) is 14.4 Å². The molecule has 0 aliphatic carbocycles. The first-order valence-electron chi connectivity index (χ1n) is 7.97. The molecule has 0 fully saturated rings. The number of pyridine rings is 1. The number of hydrogen-bond acceptors (Lipinski definition) is 6. The van der Waals surface area contributed by atoms with E-state index in [0.29, 0.717) is 17.1 Å². The minimum absolute atomic E-state index is 0.0475. The lowest BCUT2D eigenvalue weighted by Gasteiger charge is -2.06. The van der Waals surface area contributed by atoms with E-state index in [9.17, 15) is 14.4 Å². The predicted octanol–water partition coefficient (Wildman–Crippen LogP) is 1.55. The molecule has 140 valence electrons. The summed E-state index contributed by atoms with van der Waals surface area (Å²) in [7, 11) is 1.55. The fourth-order valence-corrected chi connectivity index (χ4v) is 1.96. The van der Waals surface area contributed by atoms with E-state index in [1.54, 1.807) is 56.5 Å². The van der Waals surface area contributed by atoms with E-state index in [4.69, 9.17) is 4.74 Å². The molecule has 2 rings (SSSR count). The van der Waals surface area contributed by atoms with Crippen LogP contribution < -0.4 is 20.8 Å². The molecule has 0 unspecified atom stereocenters. The molecule has 3 N–H and O–H groups in total. The molecule has 0 radical (unpaired) electrons. The molecule has 9 heteroatoms. The number of anilines is 2. The minimum Gasteiger partial charge on any atom is -0.497 e. The third-order valence-corrected chi connectivity index (χ3v) is 3.25. The van der Waals surface area contributed by atoms with Crippen molar-refractivity contribution in [1.29, 1.82) is 0 Å². The molecule has 2 aromatic rings. The van der Waals surface area contributed by atoms with Crippen LogP contribution >= 0.6 is 0 Å². The monoisotopic (exact) mass is 369 g/mol. The number of carbonyl (C=O) groups excluding carboxylic acids is 3. The maximum absolute atomic E-state index is 12.0. The Bertz CT molecular complexity index is 835. The Morgan fingerprint density at radius 1 is 1.04 bits per heavy atom. The first-order chi connectivity index (χ1) is 13.0. The van der Waals surface area contributed by atoms with Gasteiger partial charge in [0.25, 0.3) is 0 Å². The molecule has 0 aliphatic heterocycles. The van der Waals surface area contributed by atoms with Crippen LogP contribution in [0.15, 0.2) is 53.8 Å². The third-order valence-electron chi connectivity index (χ3n) is 3.25. The van der Waals surface area contributed by atoms with Gasteiger partial charge in [-0.25, -0.2) is 10.4 Å². The van der Waals surface area contributed by atoms with E-state index in [2.05, 4.69) is 26.1 Å². The number of nitrogens with zero attached hydrogens (tertiary/aromatic N) is 2. The van der Waals surface area contributed by atoms with Gasteiger partial charge in [-0.2, -0.15) is 5.10 Å². The number of hydrogen-bond donors (Lipinski definition) is 3. The summed E-state index contributed by atoms with van der Waals surface area (Å²) >= 11 is 0. The highest BCUT2D eigenvalue weighted by Gasteiger charge is 2.14. The second-order valence-corrected chi connectivity index (χ2v) is 5.41. The molecule has 1 aromatic carbocycles. The van der Waals surface area contributed by atoms with Crippen molar-refractivity contribution in [3.63, 3.8) is 0 Å². The van der Waals surface area contributed by atoms with Crippen molar-refractivity contribution in [2.24, 2.45) is 5.10 Å². The van der Waals surface area contributed by atoms with Crippen LogP contribution in [0.4, 0.5) is 11.5 Å². The molecule has 0 saturated carbocycles. The normalized spacial score (nSPS) is 10.7. The lowest BCUT2D eigenvalue weighted by Crippen LogP contribution is -2.33. The molecular weight excluding hydrogens is 350 g/mol. The molecule has 0 bridgehead atoms. The molecular formula is C18H19N5O4. The summed E-state index contributed by atoms with van der Waals surface area (Å²) in [6.45, 7) is 1.56. The molecule has 1 aromatic heterocycles. The Morgan fingerprint density at radius 3 is 2.41 bits per heavy atom. The van der Waals surface area contributed by atoms with Gasteiger partial charge in [-0.15, -0.1) is 0 Å². The Labute approximate surface area is 155 Å². The number of aromatic nitrogens is 1. The molecule has 0 saturated heterocycles. The zero-order valence-electron chi connectivity index (χ0n) is 14.9. The Kier molecular flexibility index (Phi) is 7.00. The van der Waals surface area contributed by atoms with Gasteiger partial charge in [-0.05, 0) is 43.3 Å². The van der Waals surface area contributed by atoms with Crippen LogP contribution in [0, 0.1) is 0 Å². The highest BCUT2D eigenvalue weighted by Crippen LogP contribution is 2.15. The van der Waals surface area contributed by atoms with E-state index < -0.39 is 11.8 Å². The highest BCUT2D eigenvalue weighted by atomic mass is 16.5. The van der Waals surface area contributed by atoms with E-state index in [1.807, 2.05) is 0 Å². The number of ether oxygens (including phenoxy) is 1. The number of amides is 3. The Morgan fingerprint density at radius 2 is 1.78 bits per heavy atom. The fourth-order valence-electron chi connectivity index (χ4n) is 1.96. The van der Waals surface area contributed by atoms with Gasteiger partial charge in [0.15, 0.2) is 0 Å². The largest absolute Gasteiger partial charge is 0.497 e. The van der Waals surface area contributed by atoms with Gasteiger partial charge in [0.2, 0.25) is 5.91 Å². The fraction of sp³-hybridized carbons (Fsp3) is 0.167. The van der Waals surface area contributed by atoms with Crippen molar-refractivity contribution in [3.05, 3.63) is 48.7 Å². The average Bonchev–Trinajstić information content (AvgIpc) is 2.67. The zero-order valence-corrected chi connectivity index (χ0v) is 14.9. The topological polar surface area (TPSA) is 122 Å². The van der Waals surface area contributed by atoms with E-state index >= 15 is 0 Å². The van der Waals surface area contributed by atoms with Crippen molar-refractivity contribution >= 4 is 34.9 Å². The van der Waals surface area contributed by atoms with Crippen molar-refractivity contribution in [1.82, 2.24) is 10.4 Å². The highest BCUT2D eigenvalue weighted by molar-refractivity contribution is 6.39. The number of hydrazone groups is 1. The first-order valence-corrected chi connectivity index (χ1v) is 7.97. The van der Waals surface area contributed by atoms with Crippen LogP contribution in [0.1, 0.15) is 13.3 Å². The van der Waals surface area contributed by atoms with Crippen LogP contribution in [0.2, 0.25) is 0 Å². The second kappa shape index (κ2) is 9.66. The number of nitrogens with one attached hydrogen (secondary N) is 3. The van der Waals surface area contributed by atoms with E-state index in [-0.39, 0.29) is 18.1 Å². The van der Waals surface area contributed by atoms with Gasteiger partial charge in [0.05, 0.1) is 13.5 Å². The average molecular weight is 369 g/mol. The number of rotatable bonds is 6. The van der Waals surface area contributed by atoms with Crippen molar-refractivity contribution in [3.8, 4) is 5.75 Å². The lowest BCUT2D eigenvalue weighted by atomic mass is 10.2. The SMILES string of the molecule is COc1ccc(NC(=O)C/C(C)=N/NC(=O)C(=O)Nc2ccccn2)cc1. The lowest BCUT2D eigenvalue weighted by molar-refractivity contribution is -0.136. The molecule has 3 amide bonds. The molecule has 1 heterocycles. The zero-order chi connectivity index (χ0) is 19.6. The molecule has 0 spiro atoms. The molecule has 27 heavy (non-hydrogen) atoms. The van der Waals surface area contributed by atoms with Crippen LogP contribution in [-0.2, 0) is 14.4 Å². The van der Waals surface area contributed by atoms with E-state index in [1.165, 1.54) is 6.20 Å². The number of methoxy groups -OCH3 is 1. The second-order valence-electron chi connectivity index (χ2n) is 5.41. The summed E-state index contributed by atoms with van der Waals surface area (Å²) in [4.78, 5) is 39.3. The van der Waals surface area contributed by atoms with Gasteiger partial charge >= 0.3 is 11.8 Å². The summed E-state index contributed by atoms with van der Waals surface area (Å²) in [6.07, 6.45) is 1.44. The van der Waals surface area contributed by atoms with Gasteiger partial charge in [-0.1, -0.05) is 6.07 Å². The number of benzene rings is 1. The summed E-state index contributed by atoms with van der Waals surface area (Å²) in [5.74, 6) is -1.26. The van der Waals surface area contributed by atoms with Crippen LogP contribution in [0.3, 0.4) is 0 Å². The van der Waals surface area contributed by atoms with Crippen LogP contribution in [0.5, 0.6) is 5.75 Å². The summed E-state index contributed by atoms with van der Waals surface area (Å²) < 4.78 is 5.04. The van der Waals surface area contributed by atoms with Crippen molar-refractivity contribution in [2.45, 2.75) is 13.3 Å². The van der Waals surface area contributed by atoms with Gasteiger partial charge in [0.1, 0.15) is 11.6 Å².